The molecule has 18 heavy (non-hydrogen) atoms. The standard InChI is InChI=1S/C15H27N3/c1-10(2)12(5)9-18-14-6-7-16-8-13(14)17-15(18)11(3)4/h10-12,16H,6-9H2,1-5H3. The van der Waals surface area contributed by atoms with Crippen molar-refractivity contribution in [1.82, 2.24) is 14.9 Å². The van der Waals surface area contributed by atoms with Gasteiger partial charge in [-0.15, -0.1) is 0 Å². The fourth-order valence-electron chi connectivity index (χ4n) is 2.53. The molecule has 0 aliphatic carbocycles. The molecule has 0 radical (unpaired) electrons. The van der Waals surface area contributed by atoms with Crippen LogP contribution in [0, 0.1) is 11.8 Å². The Bertz CT molecular complexity index is 404. The van der Waals surface area contributed by atoms with Crippen LogP contribution in [0.2, 0.25) is 0 Å². The van der Waals surface area contributed by atoms with Crippen molar-refractivity contribution >= 4 is 0 Å². The number of hydrogen-bond acceptors (Lipinski definition) is 2. The van der Waals surface area contributed by atoms with E-state index in [1.165, 1.54) is 17.2 Å². The first-order chi connectivity index (χ1) is 8.50. The van der Waals surface area contributed by atoms with Crippen molar-refractivity contribution in [3.63, 3.8) is 0 Å². The van der Waals surface area contributed by atoms with Gasteiger partial charge in [-0.25, -0.2) is 4.98 Å². The molecule has 1 N–H and O–H groups in total. The van der Waals surface area contributed by atoms with Gasteiger partial charge in [-0.05, 0) is 11.8 Å². The zero-order valence-electron chi connectivity index (χ0n) is 12.5. The van der Waals surface area contributed by atoms with Gasteiger partial charge in [0.2, 0.25) is 0 Å². The summed E-state index contributed by atoms with van der Waals surface area (Å²) in [7, 11) is 0. The average Bonchev–Trinajstić information content (AvgIpc) is 2.68. The van der Waals surface area contributed by atoms with Gasteiger partial charge in [0.1, 0.15) is 5.82 Å². The molecular weight excluding hydrogens is 222 g/mol. The normalized spacial score (nSPS) is 17.3. The number of imidazole rings is 1. The largest absolute Gasteiger partial charge is 0.331 e. The van der Waals surface area contributed by atoms with Crippen LogP contribution in [0.25, 0.3) is 0 Å². The van der Waals surface area contributed by atoms with Gasteiger partial charge >= 0.3 is 0 Å². The van der Waals surface area contributed by atoms with Crippen molar-refractivity contribution in [3.8, 4) is 0 Å². The lowest BCUT2D eigenvalue weighted by atomic mass is 9.97. The lowest BCUT2D eigenvalue weighted by Crippen LogP contribution is -2.26. The van der Waals surface area contributed by atoms with E-state index in [0.717, 1.165) is 32.0 Å². The lowest BCUT2D eigenvalue weighted by molar-refractivity contribution is 0.352. The molecule has 3 nitrogen and oxygen atoms in total. The van der Waals surface area contributed by atoms with Crippen LogP contribution in [0.5, 0.6) is 0 Å². The maximum Gasteiger partial charge on any atom is 0.111 e. The summed E-state index contributed by atoms with van der Waals surface area (Å²) in [5, 5.41) is 3.42. The fourth-order valence-corrected chi connectivity index (χ4v) is 2.53. The molecule has 1 aliphatic heterocycles. The lowest BCUT2D eigenvalue weighted by Gasteiger charge is -2.22. The highest BCUT2D eigenvalue weighted by Crippen LogP contribution is 2.24. The van der Waals surface area contributed by atoms with E-state index in [1.807, 2.05) is 0 Å². The zero-order chi connectivity index (χ0) is 13.3. The van der Waals surface area contributed by atoms with Gasteiger partial charge in [0.15, 0.2) is 0 Å². The molecule has 0 amide bonds. The van der Waals surface area contributed by atoms with E-state index in [1.54, 1.807) is 0 Å². The Hall–Kier alpha value is -0.830. The summed E-state index contributed by atoms with van der Waals surface area (Å²) in [5.41, 5.74) is 2.76. The molecule has 2 heterocycles. The van der Waals surface area contributed by atoms with Crippen molar-refractivity contribution in [2.45, 2.75) is 60.0 Å². The predicted molar refractivity (Wildman–Crippen MR) is 75.7 cm³/mol. The molecule has 1 aromatic rings. The molecule has 1 aliphatic rings. The van der Waals surface area contributed by atoms with E-state index >= 15 is 0 Å². The minimum atomic E-state index is 0.509. The van der Waals surface area contributed by atoms with Crippen molar-refractivity contribution in [1.29, 1.82) is 0 Å². The second kappa shape index (κ2) is 5.43. The second-order valence-electron chi connectivity index (χ2n) is 6.28. The molecule has 0 aromatic carbocycles. The van der Waals surface area contributed by atoms with Crippen LogP contribution in [-0.2, 0) is 19.5 Å². The number of fused-ring (bicyclic) bond motifs is 1. The highest BCUT2D eigenvalue weighted by atomic mass is 15.1. The minimum absolute atomic E-state index is 0.509. The third-order valence-corrected chi connectivity index (χ3v) is 4.14. The molecule has 0 fully saturated rings. The van der Waals surface area contributed by atoms with E-state index in [9.17, 15) is 0 Å². The van der Waals surface area contributed by atoms with Crippen LogP contribution in [0.4, 0.5) is 0 Å². The van der Waals surface area contributed by atoms with E-state index in [-0.39, 0.29) is 0 Å². The Balaban J connectivity index is 2.33. The van der Waals surface area contributed by atoms with Gasteiger partial charge in [0.05, 0.1) is 5.69 Å². The summed E-state index contributed by atoms with van der Waals surface area (Å²) in [6, 6.07) is 0. The first-order valence-electron chi connectivity index (χ1n) is 7.29. The molecule has 102 valence electrons. The summed E-state index contributed by atoms with van der Waals surface area (Å²) in [6.07, 6.45) is 1.12. The van der Waals surface area contributed by atoms with Gasteiger partial charge in [-0.3, -0.25) is 0 Å². The van der Waals surface area contributed by atoms with E-state index in [2.05, 4.69) is 44.5 Å². The van der Waals surface area contributed by atoms with Crippen LogP contribution in [0.15, 0.2) is 0 Å². The van der Waals surface area contributed by atoms with Crippen molar-refractivity contribution in [2.24, 2.45) is 11.8 Å². The molecule has 1 aromatic heterocycles. The molecule has 0 saturated carbocycles. The van der Waals surface area contributed by atoms with Gasteiger partial charge in [0, 0.05) is 37.7 Å². The molecule has 1 unspecified atom stereocenters. The van der Waals surface area contributed by atoms with Crippen LogP contribution >= 0.6 is 0 Å². The topological polar surface area (TPSA) is 29.9 Å². The molecular formula is C15H27N3. The Morgan fingerprint density at radius 2 is 1.94 bits per heavy atom. The third-order valence-electron chi connectivity index (χ3n) is 4.14. The number of aromatic nitrogens is 2. The van der Waals surface area contributed by atoms with E-state index < -0.39 is 0 Å². The number of nitrogens with zero attached hydrogens (tertiary/aromatic N) is 2. The van der Waals surface area contributed by atoms with Gasteiger partial charge in [-0.1, -0.05) is 34.6 Å². The Morgan fingerprint density at radius 1 is 1.22 bits per heavy atom. The smallest absolute Gasteiger partial charge is 0.111 e. The van der Waals surface area contributed by atoms with Crippen LogP contribution < -0.4 is 5.32 Å². The molecule has 0 spiro atoms. The first kappa shape index (κ1) is 13.6. The monoisotopic (exact) mass is 249 g/mol. The van der Waals surface area contributed by atoms with E-state index in [4.69, 9.17) is 4.98 Å². The van der Waals surface area contributed by atoms with Crippen LogP contribution in [-0.4, -0.2) is 16.1 Å². The average molecular weight is 249 g/mol. The Morgan fingerprint density at radius 3 is 2.56 bits per heavy atom. The number of hydrogen-bond donors (Lipinski definition) is 1. The van der Waals surface area contributed by atoms with Gasteiger partial charge in [0.25, 0.3) is 0 Å². The SMILES string of the molecule is CC(C)c1nc2c(n1CC(C)C(C)C)CCNC2. The van der Waals surface area contributed by atoms with Gasteiger partial charge < -0.3 is 9.88 Å². The minimum Gasteiger partial charge on any atom is -0.331 e. The predicted octanol–water partition coefficient (Wildman–Crippen LogP) is 2.94. The highest BCUT2D eigenvalue weighted by Gasteiger charge is 2.22. The quantitative estimate of drug-likeness (QED) is 0.889. The summed E-state index contributed by atoms with van der Waals surface area (Å²) in [6.45, 7) is 14.6. The maximum absolute atomic E-state index is 4.86. The summed E-state index contributed by atoms with van der Waals surface area (Å²) < 4.78 is 2.51. The molecule has 0 saturated heterocycles. The van der Waals surface area contributed by atoms with Gasteiger partial charge in [-0.2, -0.15) is 0 Å². The maximum atomic E-state index is 4.86. The van der Waals surface area contributed by atoms with Crippen molar-refractivity contribution in [2.75, 3.05) is 6.54 Å². The summed E-state index contributed by atoms with van der Waals surface area (Å²) in [5.74, 6) is 3.21. The Kier molecular flexibility index (Phi) is 4.10. The van der Waals surface area contributed by atoms with Crippen molar-refractivity contribution in [3.05, 3.63) is 17.2 Å². The molecule has 0 bridgehead atoms. The first-order valence-corrected chi connectivity index (χ1v) is 7.29. The van der Waals surface area contributed by atoms with Crippen LogP contribution in [0.1, 0.15) is 57.7 Å². The van der Waals surface area contributed by atoms with Crippen molar-refractivity contribution < 1.29 is 0 Å². The Labute approximate surface area is 111 Å². The van der Waals surface area contributed by atoms with Crippen LogP contribution in [0.3, 0.4) is 0 Å². The zero-order valence-corrected chi connectivity index (χ0v) is 12.5. The molecule has 2 rings (SSSR count). The number of nitrogens with one attached hydrogen (secondary N) is 1. The highest BCUT2D eigenvalue weighted by molar-refractivity contribution is 5.21. The fraction of sp³-hybridized carbons (Fsp3) is 0.800. The molecule has 1 atom stereocenters. The summed E-state index contributed by atoms with van der Waals surface area (Å²) >= 11 is 0. The van der Waals surface area contributed by atoms with E-state index in [0.29, 0.717) is 11.8 Å². The molecule has 3 heteroatoms. The summed E-state index contributed by atoms with van der Waals surface area (Å²) in [4.78, 5) is 4.86. The third kappa shape index (κ3) is 2.61. The number of rotatable bonds is 4. The second-order valence-corrected chi connectivity index (χ2v) is 6.28.